The molecule has 0 saturated carbocycles. The molecule has 2 saturated heterocycles. The van der Waals surface area contributed by atoms with Gasteiger partial charge in [-0.3, -0.25) is 13.9 Å². The van der Waals surface area contributed by atoms with Gasteiger partial charge in [-0.2, -0.15) is 15.1 Å². The summed E-state index contributed by atoms with van der Waals surface area (Å²) in [5.74, 6) is -0.0156. The number of aliphatic hydroxyl groups is 1. The van der Waals surface area contributed by atoms with Crippen LogP contribution >= 0.6 is 7.75 Å². The average molecular weight is 623 g/mol. The van der Waals surface area contributed by atoms with Gasteiger partial charge in [0.2, 0.25) is 5.95 Å². The van der Waals surface area contributed by atoms with Gasteiger partial charge in [-0.05, 0) is 33.0 Å². The molecule has 0 amide bonds. The molecule has 0 bridgehead atoms. The van der Waals surface area contributed by atoms with Crippen LogP contribution in [0.1, 0.15) is 20.1 Å². The Kier molecular flexibility index (Phi) is 8.88. The highest BCUT2D eigenvalue weighted by molar-refractivity contribution is 7.52. The second-order valence-corrected chi connectivity index (χ2v) is 12.4. The first kappa shape index (κ1) is 31.0. The number of hydrogen-bond donors (Lipinski definition) is 3. The van der Waals surface area contributed by atoms with Crippen LogP contribution in [0.25, 0.3) is 11.2 Å². The maximum absolute atomic E-state index is 16.2. The molecular formula is C26H36FN8O7P. The number of aromatic nitrogens is 4. The highest BCUT2D eigenvalue weighted by Gasteiger charge is 2.56. The lowest BCUT2D eigenvalue weighted by Gasteiger charge is -2.33. The number of alkyl halides is 1. The molecule has 17 heteroatoms. The van der Waals surface area contributed by atoms with E-state index in [1.54, 1.807) is 30.3 Å². The van der Waals surface area contributed by atoms with E-state index in [0.29, 0.717) is 24.4 Å². The standard InChI is InChI=1S/C26H36FN8O7P/c1-16(23(37)39-4)32-43(38,42-17-8-6-5-7-9-17)40-14-18-20(36)26(2,27)24(41-18)35-15-29-19-21(30-25(28)31-22(19)35)34-12-10-33(3)11-13-34/h5-9,15-16,18,20,24,36H,10-14H2,1-4H3,(H,32,38)(H2,28,30,31)/t16-,18+,20+,24+,26+,43?/m0/s1. The van der Waals surface area contributed by atoms with Gasteiger partial charge >= 0.3 is 13.7 Å². The highest BCUT2D eigenvalue weighted by Crippen LogP contribution is 2.48. The summed E-state index contributed by atoms with van der Waals surface area (Å²) in [6.45, 7) is 5.07. The van der Waals surface area contributed by atoms with Crippen molar-refractivity contribution in [3.63, 3.8) is 0 Å². The number of halogens is 1. The molecule has 43 heavy (non-hydrogen) atoms. The molecule has 15 nitrogen and oxygen atoms in total. The van der Waals surface area contributed by atoms with Crippen molar-refractivity contribution >= 4 is 36.6 Å². The van der Waals surface area contributed by atoms with E-state index in [1.165, 1.54) is 31.9 Å². The fourth-order valence-electron chi connectivity index (χ4n) is 5.03. The van der Waals surface area contributed by atoms with Gasteiger partial charge in [0.25, 0.3) is 0 Å². The molecule has 2 aromatic heterocycles. The number of esters is 1. The summed E-state index contributed by atoms with van der Waals surface area (Å²) in [6, 6.07) is 7.07. The first-order valence-electron chi connectivity index (χ1n) is 13.7. The van der Waals surface area contributed by atoms with Crippen LogP contribution in [0.5, 0.6) is 5.75 Å². The summed E-state index contributed by atoms with van der Waals surface area (Å²) in [6.07, 6.45) is -3.04. The van der Waals surface area contributed by atoms with Crippen LogP contribution in [0.15, 0.2) is 36.7 Å². The molecule has 2 aliphatic heterocycles. The second-order valence-electron chi connectivity index (χ2n) is 10.7. The van der Waals surface area contributed by atoms with Crippen LogP contribution in [-0.2, 0) is 23.4 Å². The van der Waals surface area contributed by atoms with Gasteiger partial charge in [-0.25, -0.2) is 13.9 Å². The summed E-state index contributed by atoms with van der Waals surface area (Å²) in [5.41, 5.74) is 4.34. The molecule has 234 valence electrons. The quantitative estimate of drug-likeness (QED) is 0.219. The summed E-state index contributed by atoms with van der Waals surface area (Å²) < 4.78 is 53.1. The average Bonchev–Trinajstić information content (AvgIpc) is 3.49. The van der Waals surface area contributed by atoms with Crippen molar-refractivity contribution in [1.29, 1.82) is 0 Å². The number of carbonyl (C=O) groups is 1. The number of nitrogens with one attached hydrogen (secondary N) is 1. The first-order valence-corrected chi connectivity index (χ1v) is 15.3. The monoisotopic (exact) mass is 622 g/mol. The van der Waals surface area contributed by atoms with Gasteiger partial charge in [-0.1, -0.05) is 18.2 Å². The number of aliphatic hydroxyl groups excluding tert-OH is 1. The van der Waals surface area contributed by atoms with Crippen molar-refractivity contribution in [3.05, 3.63) is 36.7 Å². The third-order valence-corrected chi connectivity index (χ3v) is 9.12. The van der Waals surface area contributed by atoms with Crippen LogP contribution in [0, 0.1) is 0 Å². The lowest BCUT2D eigenvalue weighted by atomic mass is 9.98. The number of methoxy groups -OCH3 is 1. The number of nitrogens with two attached hydrogens (primary N) is 1. The zero-order valence-electron chi connectivity index (χ0n) is 24.3. The lowest BCUT2D eigenvalue weighted by molar-refractivity contribution is -0.142. The van der Waals surface area contributed by atoms with Crippen molar-refractivity contribution < 1.29 is 37.4 Å². The Bertz CT molecular complexity index is 1490. The van der Waals surface area contributed by atoms with Gasteiger partial charge < -0.3 is 34.6 Å². The van der Waals surface area contributed by atoms with Gasteiger partial charge in [0.05, 0.1) is 20.0 Å². The second kappa shape index (κ2) is 12.3. The minimum absolute atomic E-state index is 0.0213. The fraction of sp³-hybridized carbons (Fsp3) is 0.538. The number of para-hydroxylation sites is 1. The smallest absolute Gasteiger partial charge is 0.459 e. The molecule has 1 aromatic carbocycles. The highest BCUT2D eigenvalue weighted by atomic mass is 31.2. The zero-order chi connectivity index (χ0) is 30.9. The van der Waals surface area contributed by atoms with Crippen LogP contribution in [-0.4, -0.2) is 106 Å². The number of fused-ring (bicyclic) bond motifs is 1. The molecule has 0 radical (unpaired) electrons. The largest absolute Gasteiger partial charge is 0.468 e. The molecule has 0 aliphatic carbocycles. The third kappa shape index (κ3) is 6.44. The molecule has 5 rings (SSSR count). The van der Waals surface area contributed by atoms with Crippen molar-refractivity contribution in [2.24, 2.45) is 0 Å². The van der Waals surface area contributed by atoms with Crippen molar-refractivity contribution in [2.75, 3.05) is 57.6 Å². The maximum atomic E-state index is 16.2. The number of imidazole rings is 1. The van der Waals surface area contributed by atoms with E-state index < -0.39 is 50.5 Å². The number of nitrogen functional groups attached to an aromatic ring is 1. The molecule has 0 spiro atoms. The first-order chi connectivity index (χ1) is 20.4. The maximum Gasteiger partial charge on any atom is 0.459 e. The minimum Gasteiger partial charge on any atom is -0.468 e. The van der Waals surface area contributed by atoms with E-state index in [4.69, 9.17) is 24.3 Å². The third-order valence-electron chi connectivity index (χ3n) is 7.48. The Labute approximate surface area is 247 Å². The molecule has 4 N–H and O–H groups in total. The van der Waals surface area contributed by atoms with E-state index in [0.717, 1.165) is 13.1 Å². The fourth-order valence-corrected chi connectivity index (χ4v) is 6.53. The molecule has 2 aliphatic rings. The number of nitrogens with zero attached hydrogens (tertiary/aromatic N) is 6. The Balaban J connectivity index is 1.38. The minimum atomic E-state index is -4.27. The number of likely N-dealkylation sites (N-methyl/N-ethyl adjacent to an activating group) is 1. The molecule has 4 heterocycles. The summed E-state index contributed by atoms with van der Waals surface area (Å²) in [7, 11) is -1.05. The molecule has 6 atom stereocenters. The number of rotatable bonds is 10. The molecular weight excluding hydrogens is 586 g/mol. The van der Waals surface area contributed by atoms with Crippen LogP contribution in [0.3, 0.4) is 0 Å². The topological polar surface area (TPSA) is 179 Å². The van der Waals surface area contributed by atoms with Gasteiger partial charge in [0.15, 0.2) is 28.9 Å². The van der Waals surface area contributed by atoms with Crippen LogP contribution < -0.4 is 20.2 Å². The lowest BCUT2D eigenvalue weighted by Crippen LogP contribution is -2.45. The van der Waals surface area contributed by atoms with Crippen LogP contribution in [0.2, 0.25) is 0 Å². The molecule has 2 fully saturated rings. The molecule has 3 aromatic rings. The van der Waals surface area contributed by atoms with Crippen molar-refractivity contribution in [1.82, 2.24) is 29.5 Å². The van der Waals surface area contributed by atoms with Crippen LogP contribution in [0.4, 0.5) is 16.2 Å². The predicted molar refractivity (Wildman–Crippen MR) is 154 cm³/mol. The SMILES string of the molecule is COC(=O)[C@H](C)NP(=O)(OC[C@H]1O[C@@H](n2cnc3c(N4CCN(C)CC4)nc(N)nc32)[C@](C)(F)[C@@H]1O)Oc1ccccc1. The van der Waals surface area contributed by atoms with E-state index in [-0.39, 0.29) is 17.3 Å². The number of carbonyl (C=O) groups excluding carboxylic acids is 1. The van der Waals surface area contributed by atoms with E-state index in [9.17, 15) is 14.5 Å². The normalized spacial score (nSPS) is 26.7. The van der Waals surface area contributed by atoms with E-state index in [2.05, 4.69) is 24.9 Å². The summed E-state index contributed by atoms with van der Waals surface area (Å²) in [5, 5.41) is 13.5. The van der Waals surface area contributed by atoms with E-state index >= 15 is 4.39 Å². The van der Waals surface area contributed by atoms with Gasteiger partial charge in [0.1, 0.15) is 24.0 Å². The van der Waals surface area contributed by atoms with E-state index in [1.807, 2.05) is 11.9 Å². The number of piperazine rings is 1. The van der Waals surface area contributed by atoms with Gasteiger partial charge in [-0.15, -0.1) is 0 Å². The molecule has 1 unspecified atom stereocenters. The number of hydrogen-bond acceptors (Lipinski definition) is 13. The van der Waals surface area contributed by atoms with Crippen molar-refractivity contribution in [3.8, 4) is 5.75 Å². The number of anilines is 2. The Morgan fingerprint density at radius 2 is 1.98 bits per heavy atom. The van der Waals surface area contributed by atoms with Crippen molar-refractivity contribution in [2.45, 2.75) is 44.0 Å². The Morgan fingerprint density at radius 1 is 1.28 bits per heavy atom. The van der Waals surface area contributed by atoms with Gasteiger partial charge in [0, 0.05) is 26.2 Å². The Morgan fingerprint density at radius 3 is 2.65 bits per heavy atom. The predicted octanol–water partition coefficient (Wildman–Crippen LogP) is 1.50. The summed E-state index contributed by atoms with van der Waals surface area (Å²) >= 11 is 0. The zero-order valence-corrected chi connectivity index (χ0v) is 25.2. The summed E-state index contributed by atoms with van der Waals surface area (Å²) in [4.78, 5) is 29.4. The number of benzene rings is 1. The number of ether oxygens (including phenoxy) is 2. The Hall–Kier alpha value is -3.40.